The maximum atomic E-state index is 5.35. The van der Waals surface area contributed by atoms with E-state index in [4.69, 9.17) is 9.73 Å². The van der Waals surface area contributed by atoms with E-state index in [-0.39, 0.29) is 24.0 Å². The van der Waals surface area contributed by atoms with Gasteiger partial charge in [0.25, 0.3) is 0 Å². The number of hydrogen-bond acceptors (Lipinski definition) is 2. The van der Waals surface area contributed by atoms with E-state index >= 15 is 0 Å². The van der Waals surface area contributed by atoms with Crippen molar-refractivity contribution in [2.75, 3.05) is 32.8 Å². The number of para-hydroxylation sites is 1. The first-order valence-electron chi connectivity index (χ1n) is 9.19. The number of aromatic amines is 1. The number of ether oxygens (including phenoxy) is 1. The largest absolute Gasteiger partial charge is 0.377 e. The maximum absolute atomic E-state index is 5.35. The van der Waals surface area contributed by atoms with Crippen LogP contribution in [-0.4, -0.2) is 43.8 Å². The van der Waals surface area contributed by atoms with Gasteiger partial charge in [-0.05, 0) is 37.8 Å². The number of nitrogens with one attached hydrogen (secondary N) is 3. The Morgan fingerprint density at radius 1 is 1.23 bits per heavy atom. The molecule has 5 nitrogen and oxygen atoms in total. The first-order valence-corrected chi connectivity index (χ1v) is 9.19. The molecule has 1 aromatic carbocycles. The van der Waals surface area contributed by atoms with Crippen molar-refractivity contribution in [2.45, 2.75) is 26.2 Å². The highest BCUT2D eigenvalue weighted by molar-refractivity contribution is 14.0. The lowest BCUT2D eigenvalue weighted by molar-refractivity contribution is 0.153. The van der Waals surface area contributed by atoms with Gasteiger partial charge >= 0.3 is 0 Å². The smallest absolute Gasteiger partial charge is 0.191 e. The Morgan fingerprint density at radius 2 is 2.12 bits per heavy atom. The number of hydrogen-bond donors (Lipinski definition) is 3. The normalized spacial score (nSPS) is 14.7. The Balaban J connectivity index is 0.00000243. The van der Waals surface area contributed by atoms with E-state index in [1.807, 2.05) is 0 Å². The van der Waals surface area contributed by atoms with E-state index in [2.05, 4.69) is 59.1 Å². The van der Waals surface area contributed by atoms with Gasteiger partial charge in [0.1, 0.15) is 0 Å². The third-order valence-electron chi connectivity index (χ3n) is 4.47. The molecule has 0 bridgehead atoms. The molecule has 2 heterocycles. The fourth-order valence-corrected chi connectivity index (χ4v) is 3.10. The number of H-pyrrole nitrogens is 1. The summed E-state index contributed by atoms with van der Waals surface area (Å²) in [5.41, 5.74) is 3.99. The number of fused-ring (bicyclic) bond motifs is 1. The molecule has 3 N–H and O–H groups in total. The molecule has 1 aliphatic rings. The topological polar surface area (TPSA) is 61.4 Å². The van der Waals surface area contributed by atoms with Crippen LogP contribution >= 0.6 is 24.0 Å². The van der Waals surface area contributed by atoms with Gasteiger partial charge < -0.3 is 20.4 Å². The molecule has 142 valence electrons. The Bertz CT molecular complexity index is 738. The average Bonchev–Trinajstić information content (AvgIpc) is 3.06. The second-order valence-corrected chi connectivity index (χ2v) is 6.23. The van der Waals surface area contributed by atoms with Gasteiger partial charge in [-0.15, -0.1) is 24.0 Å². The van der Waals surface area contributed by atoms with Crippen LogP contribution in [0.4, 0.5) is 0 Å². The van der Waals surface area contributed by atoms with Crippen LogP contribution in [0.15, 0.2) is 47.1 Å². The highest BCUT2D eigenvalue weighted by Crippen LogP contribution is 2.18. The molecular weight excluding hydrogens is 439 g/mol. The molecule has 26 heavy (non-hydrogen) atoms. The Morgan fingerprint density at radius 3 is 2.92 bits per heavy atom. The molecule has 0 radical (unpaired) electrons. The number of aromatic nitrogens is 1. The van der Waals surface area contributed by atoms with E-state index in [1.165, 1.54) is 22.0 Å². The number of aliphatic imine (C=N–C) groups is 1. The Hall–Kier alpha value is -1.54. The summed E-state index contributed by atoms with van der Waals surface area (Å²) in [6.45, 7) is 6.25. The summed E-state index contributed by atoms with van der Waals surface area (Å²) in [6, 6.07) is 8.41. The van der Waals surface area contributed by atoms with Gasteiger partial charge in [-0.1, -0.05) is 29.8 Å². The molecule has 1 aromatic heterocycles. The third kappa shape index (κ3) is 6.02. The lowest BCUT2D eigenvalue weighted by atomic mass is 10.1. The minimum absolute atomic E-state index is 0. The summed E-state index contributed by atoms with van der Waals surface area (Å²) >= 11 is 0. The van der Waals surface area contributed by atoms with Gasteiger partial charge in [0.05, 0.1) is 13.2 Å². The van der Waals surface area contributed by atoms with Crippen molar-refractivity contribution in [3.05, 3.63) is 47.7 Å². The first-order chi connectivity index (χ1) is 12.4. The molecule has 1 aliphatic heterocycles. The van der Waals surface area contributed by atoms with Crippen LogP contribution in [0.1, 0.15) is 25.3 Å². The molecular formula is C20H29IN4O. The molecule has 2 aromatic rings. The van der Waals surface area contributed by atoms with Crippen molar-refractivity contribution in [1.29, 1.82) is 0 Å². The lowest BCUT2D eigenvalue weighted by Gasteiger charge is -2.15. The SMILES string of the molecule is CCNC(=NCCc1c[nH]c2ccccc12)NCCC1=CCOCC1.I. The zero-order chi connectivity index (χ0) is 17.3. The summed E-state index contributed by atoms with van der Waals surface area (Å²) in [5, 5.41) is 8.05. The number of halogens is 1. The van der Waals surface area contributed by atoms with E-state index in [9.17, 15) is 0 Å². The molecule has 0 saturated carbocycles. The minimum atomic E-state index is 0. The number of nitrogens with zero attached hydrogens (tertiary/aromatic N) is 1. The third-order valence-corrected chi connectivity index (χ3v) is 4.47. The minimum Gasteiger partial charge on any atom is -0.377 e. The van der Waals surface area contributed by atoms with Crippen LogP contribution in [0.25, 0.3) is 10.9 Å². The van der Waals surface area contributed by atoms with Gasteiger partial charge in [-0.2, -0.15) is 0 Å². The van der Waals surface area contributed by atoms with Gasteiger partial charge in [0, 0.05) is 36.7 Å². The zero-order valence-electron chi connectivity index (χ0n) is 15.4. The van der Waals surface area contributed by atoms with Crippen LogP contribution in [0.5, 0.6) is 0 Å². The molecule has 0 amide bonds. The van der Waals surface area contributed by atoms with E-state index in [0.717, 1.165) is 58.1 Å². The predicted molar refractivity (Wildman–Crippen MR) is 120 cm³/mol. The van der Waals surface area contributed by atoms with Crippen molar-refractivity contribution in [3.63, 3.8) is 0 Å². The van der Waals surface area contributed by atoms with E-state index in [1.54, 1.807) is 0 Å². The number of guanidine groups is 1. The van der Waals surface area contributed by atoms with Gasteiger partial charge in [0.2, 0.25) is 0 Å². The van der Waals surface area contributed by atoms with Crippen LogP contribution in [0.3, 0.4) is 0 Å². The predicted octanol–water partition coefficient (Wildman–Crippen LogP) is 3.62. The molecule has 0 aliphatic carbocycles. The molecule has 0 fully saturated rings. The monoisotopic (exact) mass is 468 g/mol. The van der Waals surface area contributed by atoms with Crippen LogP contribution < -0.4 is 10.6 Å². The van der Waals surface area contributed by atoms with E-state index in [0.29, 0.717) is 0 Å². The molecule has 0 saturated heterocycles. The van der Waals surface area contributed by atoms with Crippen molar-refractivity contribution >= 4 is 40.8 Å². The molecule has 0 unspecified atom stereocenters. The van der Waals surface area contributed by atoms with Crippen molar-refractivity contribution < 1.29 is 4.74 Å². The quantitative estimate of drug-likeness (QED) is 0.252. The molecule has 6 heteroatoms. The van der Waals surface area contributed by atoms with Gasteiger partial charge in [-0.25, -0.2) is 0 Å². The van der Waals surface area contributed by atoms with E-state index < -0.39 is 0 Å². The molecule has 3 rings (SSSR count). The number of rotatable bonds is 7. The summed E-state index contributed by atoms with van der Waals surface area (Å²) in [4.78, 5) is 8.04. The Labute approximate surface area is 172 Å². The summed E-state index contributed by atoms with van der Waals surface area (Å²) in [7, 11) is 0. The van der Waals surface area contributed by atoms with Crippen molar-refractivity contribution in [3.8, 4) is 0 Å². The zero-order valence-corrected chi connectivity index (χ0v) is 17.7. The van der Waals surface area contributed by atoms with Crippen molar-refractivity contribution in [1.82, 2.24) is 15.6 Å². The second kappa shape index (κ2) is 11.2. The van der Waals surface area contributed by atoms with Gasteiger partial charge in [-0.3, -0.25) is 4.99 Å². The fraction of sp³-hybridized carbons (Fsp3) is 0.450. The first kappa shape index (κ1) is 20.8. The lowest BCUT2D eigenvalue weighted by Crippen LogP contribution is -2.38. The maximum Gasteiger partial charge on any atom is 0.191 e. The van der Waals surface area contributed by atoms with Gasteiger partial charge in [0.15, 0.2) is 5.96 Å². The molecule has 0 spiro atoms. The summed E-state index contributed by atoms with van der Waals surface area (Å²) in [5.74, 6) is 0.898. The second-order valence-electron chi connectivity index (χ2n) is 6.23. The van der Waals surface area contributed by atoms with Crippen LogP contribution in [-0.2, 0) is 11.2 Å². The van der Waals surface area contributed by atoms with Crippen LogP contribution in [0.2, 0.25) is 0 Å². The fourth-order valence-electron chi connectivity index (χ4n) is 3.10. The Kier molecular flexibility index (Phi) is 8.97. The van der Waals surface area contributed by atoms with Crippen LogP contribution in [0, 0.1) is 0 Å². The summed E-state index contributed by atoms with van der Waals surface area (Å²) in [6.07, 6.45) is 7.33. The van der Waals surface area contributed by atoms with Crippen molar-refractivity contribution in [2.24, 2.45) is 4.99 Å². The average molecular weight is 468 g/mol. The standard InChI is InChI=1S/C20H28N4O.HI/c1-2-21-20(22-11-7-16-9-13-25-14-10-16)23-12-8-17-15-24-19-6-4-3-5-18(17)19;/h3-6,9,15,24H,2,7-8,10-14H2,1H3,(H2,21,22,23);1H. The number of benzene rings is 1. The highest BCUT2D eigenvalue weighted by Gasteiger charge is 2.05. The molecule has 0 atom stereocenters. The summed E-state index contributed by atoms with van der Waals surface area (Å²) < 4.78 is 5.35. The highest BCUT2D eigenvalue weighted by atomic mass is 127.